The molecule has 1 aliphatic carbocycles. The lowest BCUT2D eigenvalue weighted by Gasteiger charge is -2.30. The quantitative estimate of drug-likeness (QED) is 0.214. The lowest BCUT2D eigenvalue weighted by Crippen LogP contribution is -2.31. The maximum absolute atomic E-state index is 6.93. The highest BCUT2D eigenvalue weighted by Crippen LogP contribution is 2.49. The summed E-state index contributed by atoms with van der Waals surface area (Å²) < 4.78 is 9.45. The Morgan fingerprint density at radius 2 is 1.49 bits per heavy atom. The number of hydrogen-bond acceptors (Lipinski definition) is 3. The summed E-state index contributed by atoms with van der Waals surface area (Å²) in [6, 6.07) is 27.0. The molecule has 0 spiro atoms. The van der Waals surface area contributed by atoms with Gasteiger partial charge in [0.15, 0.2) is 11.8 Å². The SMILES string of the molecule is CCN(C)c1ccc(OC2=C(/C=C/C3=[N+](C(C)C)c4ccccc4C3(C)C)CCC/C2=C\C=C2\N(C(C)C)c3ccccc3C2(C)C)cc1. The van der Waals surface area contributed by atoms with Gasteiger partial charge < -0.3 is 14.5 Å². The number of nitrogens with zero attached hydrogens (tertiary/aromatic N) is 3. The summed E-state index contributed by atoms with van der Waals surface area (Å²) in [5.74, 6) is 1.86. The highest BCUT2D eigenvalue weighted by molar-refractivity contribution is 6.03. The molecule has 0 aromatic heterocycles. The lowest BCUT2D eigenvalue weighted by molar-refractivity contribution is -0.472. The Balaban J connectivity index is 1.46. The summed E-state index contributed by atoms with van der Waals surface area (Å²) >= 11 is 0. The molecule has 4 heteroatoms. The molecule has 0 saturated heterocycles. The van der Waals surface area contributed by atoms with E-state index in [1.165, 1.54) is 50.7 Å². The van der Waals surface area contributed by atoms with E-state index in [4.69, 9.17) is 4.74 Å². The Morgan fingerprint density at radius 3 is 2.16 bits per heavy atom. The molecule has 2 heterocycles. The maximum atomic E-state index is 6.93. The molecule has 3 aromatic carbocycles. The third-order valence-electron chi connectivity index (χ3n) is 10.8. The summed E-state index contributed by atoms with van der Waals surface area (Å²) in [6.45, 7) is 21.7. The van der Waals surface area contributed by atoms with E-state index in [1.54, 1.807) is 0 Å². The van der Waals surface area contributed by atoms with Crippen LogP contribution < -0.4 is 14.5 Å². The third-order valence-corrected chi connectivity index (χ3v) is 10.8. The summed E-state index contributed by atoms with van der Waals surface area (Å²) in [6.07, 6.45) is 12.5. The molecule has 0 unspecified atom stereocenters. The van der Waals surface area contributed by atoms with Crippen molar-refractivity contribution in [2.45, 2.75) is 104 Å². The summed E-state index contributed by atoms with van der Waals surface area (Å²) in [5.41, 5.74) is 11.6. The fraction of sp³-hybridized carbons (Fsp3) is 0.400. The first-order valence-corrected chi connectivity index (χ1v) is 18.3. The predicted molar refractivity (Wildman–Crippen MR) is 209 cm³/mol. The minimum atomic E-state index is -0.0960. The number of allylic oxidation sites excluding steroid dienone is 7. The number of anilines is 2. The van der Waals surface area contributed by atoms with Crippen LogP contribution in [-0.2, 0) is 10.8 Å². The van der Waals surface area contributed by atoms with Crippen LogP contribution in [0.15, 0.2) is 120 Å². The molecule has 0 amide bonds. The first-order valence-electron chi connectivity index (χ1n) is 18.3. The van der Waals surface area contributed by atoms with Gasteiger partial charge in [0.25, 0.3) is 0 Å². The Bertz CT molecular complexity index is 1860. The molecule has 3 aliphatic rings. The van der Waals surface area contributed by atoms with Crippen LogP contribution in [0.4, 0.5) is 17.1 Å². The van der Waals surface area contributed by atoms with Crippen molar-refractivity contribution in [2.24, 2.45) is 0 Å². The fourth-order valence-corrected chi connectivity index (χ4v) is 8.03. The highest BCUT2D eigenvalue weighted by Gasteiger charge is 2.45. The fourth-order valence-electron chi connectivity index (χ4n) is 8.03. The zero-order chi connectivity index (χ0) is 35.1. The number of benzene rings is 3. The predicted octanol–water partition coefficient (Wildman–Crippen LogP) is 11.0. The Hall–Kier alpha value is -4.31. The van der Waals surface area contributed by atoms with Crippen molar-refractivity contribution in [3.8, 4) is 5.75 Å². The molecule has 4 nitrogen and oxygen atoms in total. The summed E-state index contributed by atoms with van der Waals surface area (Å²) in [7, 11) is 2.13. The lowest BCUT2D eigenvalue weighted by atomic mass is 9.81. The molecule has 49 heavy (non-hydrogen) atoms. The molecule has 256 valence electrons. The van der Waals surface area contributed by atoms with E-state index in [0.29, 0.717) is 12.1 Å². The summed E-state index contributed by atoms with van der Waals surface area (Å²) in [5, 5.41) is 0. The van der Waals surface area contributed by atoms with Gasteiger partial charge in [-0.25, -0.2) is 0 Å². The van der Waals surface area contributed by atoms with Crippen molar-refractivity contribution >= 4 is 22.8 Å². The molecule has 0 atom stereocenters. The molecule has 6 rings (SSSR count). The van der Waals surface area contributed by atoms with E-state index < -0.39 is 0 Å². The van der Waals surface area contributed by atoms with Crippen molar-refractivity contribution in [2.75, 3.05) is 23.4 Å². The van der Waals surface area contributed by atoms with Gasteiger partial charge >= 0.3 is 0 Å². The molecular formula is C45H56N3O+. The third kappa shape index (κ3) is 6.31. The van der Waals surface area contributed by atoms with Crippen molar-refractivity contribution in [1.82, 2.24) is 0 Å². The molecule has 0 fully saturated rings. The van der Waals surface area contributed by atoms with Gasteiger partial charge in [-0.2, -0.15) is 4.58 Å². The second-order valence-corrected chi connectivity index (χ2v) is 15.5. The second kappa shape index (κ2) is 13.5. The number of para-hydroxylation sites is 2. The minimum absolute atomic E-state index is 0.0960. The van der Waals surface area contributed by atoms with Gasteiger partial charge in [-0.15, -0.1) is 0 Å². The average molecular weight is 655 g/mol. The molecule has 0 bridgehead atoms. The van der Waals surface area contributed by atoms with Crippen molar-refractivity contribution in [1.29, 1.82) is 0 Å². The Kier molecular flexibility index (Phi) is 9.55. The first kappa shape index (κ1) is 34.5. The zero-order valence-corrected chi connectivity index (χ0v) is 31.5. The van der Waals surface area contributed by atoms with E-state index in [-0.39, 0.29) is 10.8 Å². The molecular weight excluding hydrogens is 599 g/mol. The smallest absolute Gasteiger partial charge is 0.209 e. The van der Waals surface area contributed by atoms with Gasteiger partial charge in [0, 0.05) is 59.8 Å². The maximum Gasteiger partial charge on any atom is 0.209 e. The van der Waals surface area contributed by atoms with Crippen molar-refractivity contribution < 1.29 is 9.31 Å². The highest BCUT2D eigenvalue weighted by atomic mass is 16.5. The van der Waals surface area contributed by atoms with Crippen LogP contribution in [0.5, 0.6) is 5.75 Å². The molecule has 3 aromatic rings. The van der Waals surface area contributed by atoms with Gasteiger partial charge in [-0.1, -0.05) is 56.3 Å². The number of rotatable bonds is 9. The largest absolute Gasteiger partial charge is 0.457 e. The molecule has 0 N–H and O–H groups in total. The van der Waals surface area contributed by atoms with Crippen LogP contribution in [0.3, 0.4) is 0 Å². The zero-order valence-electron chi connectivity index (χ0n) is 31.5. The molecule has 2 aliphatic heterocycles. The van der Waals surface area contributed by atoms with E-state index in [0.717, 1.165) is 37.3 Å². The van der Waals surface area contributed by atoms with Crippen LogP contribution in [0, 0.1) is 0 Å². The minimum Gasteiger partial charge on any atom is -0.457 e. The Labute approximate surface area is 295 Å². The van der Waals surface area contributed by atoms with E-state index in [2.05, 4.69) is 181 Å². The van der Waals surface area contributed by atoms with E-state index in [9.17, 15) is 0 Å². The Morgan fingerprint density at radius 1 is 0.816 bits per heavy atom. The number of fused-ring (bicyclic) bond motifs is 2. The molecule has 0 saturated carbocycles. The van der Waals surface area contributed by atoms with Crippen molar-refractivity contribution in [3.63, 3.8) is 0 Å². The van der Waals surface area contributed by atoms with Gasteiger partial charge in [-0.05, 0) is 127 Å². The standard InChI is InChI=1S/C45H56N3O/c1-11-46(10)35-25-27-36(28-26-35)49-43-33(23-29-41-44(6,7)37-19-12-14-21-39(37)47(41)31(2)3)17-16-18-34(43)24-30-42-45(8,9)38-20-13-15-22-40(38)48(42)32(4)5/h12-15,19-32H,11,16-18H2,1-10H3/q+1. The summed E-state index contributed by atoms with van der Waals surface area (Å²) in [4.78, 5) is 4.76. The van der Waals surface area contributed by atoms with Crippen LogP contribution in [0.25, 0.3) is 0 Å². The van der Waals surface area contributed by atoms with Crippen LogP contribution >= 0.6 is 0 Å². The number of ether oxygens (including phenoxy) is 1. The van der Waals surface area contributed by atoms with Gasteiger partial charge in [-0.3, -0.25) is 0 Å². The van der Waals surface area contributed by atoms with Crippen LogP contribution in [0.1, 0.15) is 92.7 Å². The monoisotopic (exact) mass is 654 g/mol. The van der Waals surface area contributed by atoms with E-state index in [1.807, 2.05) is 0 Å². The van der Waals surface area contributed by atoms with E-state index >= 15 is 0 Å². The van der Waals surface area contributed by atoms with Crippen LogP contribution in [-0.4, -0.2) is 36.0 Å². The number of hydrogen-bond donors (Lipinski definition) is 0. The van der Waals surface area contributed by atoms with Crippen LogP contribution in [0.2, 0.25) is 0 Å². The topological polar surface area (TPSA) is 18.7 Å². The van der Waals surface area contributed by atoms with Gasteiger partial charge in [0.1, 0.15) is 11.5 Å². The normalized spacial score (nSPS) is 20.0. The first-order chi connectivity index (χ1) is 23.4. The second-order valence-electron chi connectivity index (χ2n) is 15.5. The van der Waals surface area contributed by atoms with Crippen molar-refractivity contribution in [3.05, 3.63) is 131 Å². The van der Waals surface area contributed by atoms with Gasteiger partial charge in [0.05, 0.1) is 5.41 Å². The van der Waals surface area contributed by atoms with Gasteiger partial charge in [0.2, 0.25) is 5.69 Å². The average Bonchev–Trinajstić information content (AvgIpc) is 3.46. The molecule has 0 radical (unpaired) electrons.